The second-order valence-electron chi connectivity index (χ2n) is 8.27. The number of amides is 1. The Balaban J connectivity index is 1.95. The van der Waals surface area contributed by atoms with Gasteiger partial charge in [-0.2, -0.15) is 0 Å². The highest BCUT2D eigenvalue weighted by molar-refractivity contribution is 7.91. The van der Waals surface area contributed by atoms with Crippen molar-refractivity contribution in [2.24, 2.45) is 5.73 Å². The molecular weight excluding hydrogens is 492 g/mol. The Labute approximate surface area is 208 Å². The van der Waals surface area contributed by atoms with Gasteiger partial charge in [-0.1, -0.05) is 29.8 Å². The molecule has 3 N–H and O–H groups in total. The maximum absolute atomic E-state index is 13.8. The van der Waals surface area contributed by atoms with Crippen LogP contribution in [-0.2, 0) is 20.2 Å². The van der Waals surface area contributed by atoms with Crippen LogP contribution >= 0.6 is 11.6 Å². The van der Waals surface area contributed by atoms with Crippen LogP contribution < -0.4 is 25.3 Å². The Morgan fingerprint density at radius 3 is 2.31 bits per heavy atom. The summed E-state index contributed by atoms with van der Waals surface area (Å²) in [5.41, 5.74) is 5.67. The predicted molar refractivity (Wildman–Crippen MR) is 132 cm³/mol. The van der Waals surface area contributed by atoms with Crippen LogP contribution in [0.3, 0.4) is 0 Å². The molecule has 0 fully saturated rings. The lowest BCUT2D eigenvalue weighted by molar-refractivity contribution is -0.119. The molecule has 0 saturated carbocycles. The number of carbonyl (C=O) groups is 1. The summed E-state index contributed by atoms with van der Waals surface area (Å²) in [4.78, 5) is 13.0. The van der Waals surface area contributed by atoms with Gasteiger partial charge in [-0.3, -0.25) is 4.79 Å². The van der Waals surface area contributed by atoms with Gasteiger partial charge in [-0.25, -0.2) is 8.42 Å². The van der Waals surface area contributed by atoms with Gasteiger partial charge in [0.25, 0.3) is 5.91 Å². The Bertz CT molecular complexity index is 1420. The lowest BCUT2D eigenvalue weighted by atomic mass is 9.84. The van der Waals surface area contributed by atoms with Crippen molar-refractivity contribution in [3.63, 3.8) is 0 Å². The minimum absolute atomic E-state index is 0.0547. The number of halogens is 1. The number of para-hydroxylation sites is 1. The molecule has 0 spiro atoms. The van der Waals surface area contributed by atoms with Crippen LogP contribution in [0.1, 0.15) is 25.0 Å². The van der Waals surface area contributed by atoms with Crippen molar-refractivity contribution in [1.82, 2.24) is 0 Å². The van der Waals surface area contributed by atoms with Gasteiger partial charge in [0.2, 0.25) is 9.84 Å². The van der Waals surface area contributed by atoms with E-state index in [1.165, 1.54) is 44.6 Å². The van der Waals surface area contributed by atoms with Crippen LogP contribution in [0.2, 0.25) is 5.02 Å². The molecular formula is C25H25ClN2O6S. The minimum Gasteiger partial charge on any atom is -0.497 e. The third kappa shape index (κ3) is 4.09. The molecule has 1 heterocycles. The van der Waals surface area contributed by atoms with Gasteiger partial charge in [0.15, 0.2) is 5.54 Å². The summed E-state index contributed by atoms with van der Waals surface area (Å²) in [6, 6.07) is 14.0. The number of fused-ring (bicyclic) bond motifs is 1. The number of nitrogens with one attached hydrogen (secondary N) is 1. The van der Waals surface area contributed by atoms with Gasteiger partial charge in [0.05, 0.1) is 30.9 Å². The molecule has 0 aliphatic carbocycles. The van der Waals surface area contributed by atoms with E-state index in [0.717, 1.165) is 0 Å². The molecule has 184 valence electrons. The molecule has 1 unspecified atom stereocenters. The Hall–Kier alpha value is -3.27. The molecule has 10 heteroatoms. The maximum atomic E-state index is 13.8. The number of hydrogen-bond donors (Lipinski definition) is 2. The molecule has 3 aromatic rings. The Morgan fingerprint density at radius 2 is 1.66 bits per heavy atom. The zero-order chi connectivity index (χ0) is 25.5. The summed E-state index contributed by atoms with van der Waals surface area (Å²) in [5.74, 6) is 0.312. The average molecular weight is 517 g/mol. The van der Waals surface area contributed by atoms with Gasteiger partial charge < -0.3 is 25.3 Å². The molecule has 0 saturated heterocycles. The number of ether oxygens (including phenoxy) is 3. The van der Waals surface area contributed by atoms with Crippen LogP contribution in [-0.4, -0.2) is 34.6 Å². The van der Waals surface area contributed by atoms with Crippen molar-refractivity contribution < 1.29 is 27.4 Å². The van der Waals surface area contributed by atoms with Crippen molar-refractivity contribution in [3.8, 4) is 17.2 Å². The normalized spacial score (nSPS) is 17.2. The fraction of sp³-hybridized carbons (Fsp3) is 0.240. The van der Waals surface area contributed by atoms with Crippen molar-refractivity contribution in [3.05, 3.63) is 70.7 Å². The third-order valence-corrected chi connectivity index (χ3v) is 7.75. The molecule has 4 rings (SSSR count). The van der Waals surface area contributed by atoms with Crippen molar-refractivity contribution >= 4 is 33.0 Å². The highest BCUT2D eigenvalue weighted by atomic mass is 35.5. The van der Waals surface area contributed by atoms with E-state index < -0.39 is 21.3 Å². The number of rotatable bonds is 7. The van der Waals surface area contributed by atoms with Crippen LogP contribution in [0.5, 0.6) is 17.2 Å². The van der Waals surface area contributed by atoms with E-state index >= 15 is 0 Å². The summed E-state index contributed by atoms with van der Waals surface area (Å²) in [6.07, 6.45) is -0.179. The molecule has 0 bridgehead atoms. The van der Waals surface area contributed by atoms with Crippen molar-refractivity contribution in [2.45, 2.75) is 35.3 Å². The molecule has 3 aromatic carbocycles. The quantitative estimate of drug-likeness (QED) is 0.485. The van der Waals surface area contributed by atoms with Gasteiger partial charge >= 0.3 is 0 Å². The highest BCUT2D eigenvalue weighted by Crippen LogP contribution is 2.48. The molecule has 1 aliphatic heterocycles. The largest absolute Gasteiger partial charge is 0.497 e. The second kappa shape index (κ2) is 9.07. The summed E-state index contributed by atoms with van der Waals surface area (Å²) < 4.78 is 44.0. The molecule has 1 aliphatic rings. The maximum Gasteiger partial charge on any atom is 0.254 e. The standard InChI is InChI=1S/C25H25ClN2O6S/c1-14(2)34-19-8-6-5-7-17(19)25(27)18-11-15(26)12-22(23(18)28-24(25)29)35(30,31)21-10-9-16(32-3)13-20(21)33-4/h5-14H,27H2,1-4H3,(H,28,29). The van der Waals surface area contributed by atoms with E-state index in [-0.39, 0.29) is 37.9 Å². The fourth-order valence-electron chi connectivity index (χ4n) is 4.10. The van der Waals surface area contributed by atoms with Crippen molar-refractivity contribution in [2.75, 3.05) is 19.5 Å². The zero-order valence-corrected chi connectivity index (χ0v) is 21.2. The summed E-state index contributed by atoms with van der Waals surface area (Å²) in [6.45, 7) is 3.71. The van der Waals surface area contributed by atoms with Crippen molar-refractivity contribution in [1.29, 1.82) is 0 Å². The van der Waals surface area contributed by atoms with E-state index in [4.69, 9.17) is 31.5 Å². The average Bonchev–Trinajstić information content (AvgIpc) is 3.08. The number of methoxy groups -OCH3 is 2. The first-order valence-electron chi connectivity index (χ1n) is 10.7. The summed E-state index contributed by atoms with van der Waals surface area (Å²) >= 11 is 6.39. The van der Waals surface area contributed by atoms with Gasteiger partial charge in [-0.15, -0.1) is 0 Å². The van der Waals surface area contributed by atoms with Crippen LogP contribution in [0, 0.1) is 0 Å². The number of nitrogens with two attached hydrogens (primary N) is 1. The first-order chi connectivity index (χ1) is 16.5. The molecule has 8 nitrogen and oxygen atoms in total. The molecule has 1 amide bonds. The molecule has 1 atom stereocenters. The van der Waals surface area contributed by atoms with Crippen LogP contribution in [0.4, 0.5) is 5.69 Å². The summed E-state index contributed by atoms with van der Waals surface area (Å²) in [7, 11) is -1.39. The van der Waals surface area contributed by atoms with Gasteiger partial charge in [-0.05, 0) is 44.2 Å². The lowest BCUT2D eigenvalue weighted by Gasteiger charge is -2.26. The number of benzene rings is 3. The Morgan fingerprint density at radius 1 is 0.943 bits per heavy atom. The van der Waals surface area contributed by atoms with Crippen LogP contribution in [0.15, 0.2) is 64.4 Å². The monoisotopic (exact) mass is 516 g/mol. The first-order valence-corrected chi connectivity index (χ1v) is 12.6. The number of carbonyl (C=O) groups excluding carboxylic acids is 1. The number of anilines is 1. The third-order valence-electron chi connectivity index (χ3n) is 5.71. The lowest BCUT2D eigenvalue weighted by Crippen LogP contribution is -2.45. The number of sulfone groups is 1. The summed E-state index contributed by atoms with van der Waals surface area (Å²) in [5, 5.41) is 2.78. The molecule has 0 radical (unpaired) electrons. The topological polar surface area (TPSA) is 117 Å². The first kappa shape index (κ1) is 24.8. The smallest absolute Gasteiger partial charge is 0.254 e. The van der Waals surface area contributed by atoms with E-state index in [1.807, 2.05) is 13.8 Å². The van der Waals surface area contributed by atoms with Crippen LogP contribution in [0.25, 0.3) is 0 Å². The SMILES string of the molecule is COc1ccc(S(=O)(=O)c2cc(Cl)cc3c2NC(=O)C3(N)c2ccccc2OC(C)C)c(OC)c1. The fourth-order valence-corrected chi connectivity index (χ4v) is 5.99. The van der Waals surface area contributed by atoms with E-state index in [9.17, 15) is 13.2 Å². The Kier molecular flexibility index (Phi) is 6.44. The van der Waals surface area contributed by atoms with E-state index in [2.05, 4.69) is 5.32 Å². The number of hydrogen-bond acceptors (Lipinski definition) is 7. The molecule has 0 aromatic heterocycles. The van der Waals surface area contributed by atoms with E-state index in [0.29, 0.717) is 17.1 Å². The highest BCUT2D eigenvalue weighted by Gasteiger charge is 2.49. The predicted octanol–water partition coefficient (Wildman–Crippen LogP) is 4.13. The minimum atomic E-state index is -4.21. The zero-order valence-electron chi connectivity index (χ0n) is 19.6. The molecule has 35 heavy (non-hydrogen) atoms. The van der Waals surface area contributed by atoms with Gasteiger partial charge in [0.1, 0.15) is 22.1 Å². The van der Waals surface area contributed by atoms with Gasteiger partial charge in [0, 0.05) is 22.2 Å². The second-order valence-corrected chi connectivity index (χ2v) is 10.6. The van der Waals surface area contributed by atoms with E-state index in [1.54, 1.807) is 24.3 Å².